The molecule has 0 radical (unpaired) electrons. The van der Waals surface area contributed by atoms with Crippen molar-refractivity contribution in [2.45, 2.75) is 24.8 Å². The second kappa shape index (κ2) is 15.0. The number of hydrogen-bond acceptors (Lipinski definition) is 3. The van der Waals surface area contributed by atoms with Crippen LogP contribution in [-0.4, -0.2) is 20.6 Å². The maximum atomic E-state index is 5.33. The first-order valence-electron chi connectivity index (χ1n) is 21.6. The molecule has 0 spiro atoms. The zero-order valence-electron chi connectivity index (χ0n) is 34.1. The monoisotopic (exact) mass is 794 g/mol. The molecule has 7 aromatic carbocycles. The molecule has 0 amide bonds. The number of nitrogens with zero attached hydrogens (tertiary/aromatic N) is 4. The summed E-state index contributed by atoms with van der Waals surface area (Å²) in [5.41, 5.74) is 18.5. The molecule has 2 aliphatic carbocycles. The van der Waals surface area contributed by atoms with Crippen molar-refractivity contribution in [3.63, 3.8) is 0 Å². The van der Waals surface area contributed by atoms with Crippen LogP contribution in [0.2, 0.25) is 0 Å². The minimum Gasteiger partial charge on any atom is -0.333 e. The normalized spacial score (nSPS) is 16.0. The third-order valence-electron chi connectivity index (χ3n) is 12.8. The Kier molecular flexibility index (Phi) is 8.74. The molecule has 0 saturated carbocycles. The van der Waals surface area contributed by atoms with Crippen LogP contribution in [0, 0.1) is 0 Å². The van der Waals surface area contributed by atoms with Gasteiger partial charge < -0.3 is 4.90 Å². The first-order valence-corrected chi connectivity index (χ1v) is 21.6. The Hall–Kier alpha value is -7.82. The minimum absolute atomic E-state index is 0.158. The second-order valence-corrected chi connectivity index (χ2v) is 16.5. The van der Waals surface area contributed by atoms with E-state index in [1.54, 1.807) is 0 Å². The Morgan fingerprint density at radius 2 is 1.06 bits per heavy atom. The van der Waals surface area contributed by atoms with Crippen molar-refractivity contribution in [1.29, 1.82) is 0 Å². The number of aromatic nitrogens is 3. The lowest BCUT2D eigenvalue weighted by Gasteiger charge is -2.30. The molecule has 2 aromatic heterocycles. The van der Waals surface area contributed by atoms with Crippen LogP contribution in [0.4, 0.5) is 11.4 Å². The van der Waals surface area contributed by atoms with Crippen molar-refractivity contribution >= 4 is 28.4 Å². The highest BCUT2D eigenvalue weighted by Crippen LogP contribution is 2.50. The van der Waals surface area contributed by atoms with Gasteiger partial charge in [0, 0.05) is 45.1 Å². The van der Waals surface area contributed by atoms with E-state index in [-0.39, 0.29) is 12.0 Å². The molecule has 294 valence electrons. The summed E-state index contributed by atoms with van der Waals surface area (Å²) >= 11 is 0. The Labute approximate surface area is 362 Å². The van der Waals surface area contributed by atoms with Gasteiger partial charge in [-0.25, -0.2) is 9.97 Å². The number of benzene rings is 7. The van der Waals surface area contributed by atoms with Crippen LogP contribution in [0.3, 0.4) is 0 Å². The lowest BCUT2D eigenvalue weighted by molar-refractivity contribution is 0.745. The van der Waals surface area contributed by atoms with Crippen molar-refractivity contribution < 1.29 is 0 Å². The predicted molar refractivity (Wildman–Crippen MR) is 257 cm³/mol. The minimum atomic E-state index is 0.158. The van der Waals surface area contributed by atoms with Gasteiger partial charge in [0.15, 0.2) is 0 Å². The standard InChI is InChI=1S/C58H42N4/c1-5-17-39(18-6-1)45-33-46(40-19-7-2-8-20-40)35-47(34-45)61-54-27-15-13-25-48(54)50-31-29-43(36-56(50)61)44-30-32-51-49-26-14-16-28-55(49)62(57(51)37-44)58-59-52(41-21-9-3-10-22-41)38-53(60-58)42-23-11-4-12-24-42/h1-15,17-27,29-38,48,54H,16,28H2. The maximum absolute atomic E-state index is 5.33. The highest BCUT2D eigenvalue weighted by molar-refractivity contribution is 5.96. The summed E-state index contributed by atoms with van der Waals surface area (Å²) in [5, 5.41) is 1.21. The zero-order chi connectivity index (χ0) is 41.0. The quantitative estimate of drug-likeness (QED) is 0.161. The summed E-state index contributed by atoms with van der Waals surface area (Å²) in [4.78, 5) is 13.2. The summed E-state index contributed by atoms with van der Waals surface area (Å²) < 4.78 is 2.33. The average Bonchev–Trinajstić information content (AvgIpc) is 3.87. The van der Waals surface area contributed by atoms with E-state index in [4.69, 9.17) is 9.97 Å². The van der Waals surface area contributed by atoms with Crippen LogP contribution in [0.15, 0.2) is 212 Å². The summed E-state index contributed by atoms with van der Waals surface area (Å²) in [6, 6.07) is 65.8. The van der Waals surface area contributed by atoms with E-state index in [1.807, 2.05) is 0 Å². The lowest BCUT2D eigenvalue weighted by Crippen LogP contribution is -2.28. The van der Waals surface area contributed by atoms with E-state index in [1.165, 1.54) is 61.4 Å². The lowest BCUT2D eigenvalue weighted by atomic mass is 9.90. The molecule has 0 bridgehead atoms. The Morgan fingerprint density at radius 1 is 0.484 bits per heavy atom. The van der Waals surface area contributed by atoms with Gasteiger partial charge in [-0.1, -0.05) is 182 Å². The van der Waals surface area contributed by atoms with Crippen LogP contribution in [0.25, 0.3) is 78.8 Å². The molecule has 12 rings (SSSR count). The van der Waals surface area contributed by atoms with Crippen LogP contribution in [0.5, 0.6) is 0 Å². The molecule has 4 nitrogen and oxygen atoms in total. The predicted octanol–water partition coefficient (Wildman–Crippen LogP) is 14.4. The van der Waals surface area contributed by atoms with Gasteiger partial charge in [-0.2, -0.15) is 0 Å². The fourth-order valence-electron chi connectivity index (χ4n) is 9.84. The fourth-order valence-corrected chi connectivity index (χ4v) is 9.84. The highest BCUT2D eigenvalue weighted by Gasteiger charge is 2.38. The topological polar surface area (TPSA) is 34.0 Å². The molecule has 1 aliphatic heterocycles. The van der Waals surface area contributed by atoms with Gasteiger partial charge in [0.2, 0.25) is 5.95 Å². The number of hydrogen-bond donors (Lipinski definition) is 0. The van der Waals surface area contributed by atoms with Crippen LogP contribution in [-0.2, 0) is 6.42 Å². The third kappa shape index (κ3) is 6.22. The van der Waals surface area contributed by atoms with E-state index in [0.717, 1.165) is 46.4 Å². The highest BCUT2D eigenvalue weighted by atomic mass is 15.2. The second-order valence-electron chi connectivity index (χ2n) is 16.5. The molecular formula is C58H42N4. The molecule has 0 fully saturated rings. The van der Waals surface area contributed by atoms with Gasteiger partial charge in [-0.3, -0.25) is 4.57 Å². The van der Waals surface area contributed by atoms with E-state index < -0.39 is 0 Å². The number of rotatable bonds is 7. The molecule has 4 heteroatoms. The third-order valence-corrected chi connectivity index (χ3v) is 12.8. The zero-order valence-corrected chi connectivity index (χ0v) is 34.1. The van der Waals surface area contributed by atoms with Gasteiger partial charge in [0.05, 0.1) is 22.9 Å². The van der Waals surface area contributed by atoms with Crippen LogP contribution >= 0.6 is 0 Å². The fraction of sp³-hybridized carbons (Fsp3) is 0.0690. The molecule has 0 saturated heterocycles. The molecule has 0 N–H and O–H groups in total. The SMILES string of the molecule is C1=CC2c3ccc(-c4ccc5c6c(n(-c7nc(-c8ccccc8)cc(-c8ccccc8)n7)c5c4)CCC=C6)cc3N(c3cc(-c4ccccc4)cc(-c4ccccc4)c3)C2C=C1. The first-order chi connectivity index (χ1) is 30.7. The maximum Gasteiger partial charge on any atom is 0.235 e. The largest absolute Gasteiger partial charge is 0.333 e. The summed E-state index contributed by atoms with van der Waals surface area (Å²) in [7, 11) is 0. The van der Waals surface area contributed by atoms with Gasteiger partial charge in [-0.15, -0.1) is 0 Å². The van der Waals surface area contributed by atoms with E-state index >= 15 is 0 Å². The molecule has 9 aromatic rings. The van der Waals surface area contributed by atoms with E-state index in [2.05, 4.69) is 228 Å². The van der Waals surface area contributed by atoms with Gasteiger partial charge >= 0.3 is 0 Å². The van der Waals surface area contributed by atoms with Gasteiger partial charge in [-0.05, 0) is 88.2 Å². The van der Waals surface area contributed by atoms with Crippen molar-refractivity contribution in [2.24, 2.45) is 0 Å². The Bertz CT molecular complexity index is 3120. The molecule has 2 unspecified atom stereocenters. The Morgan fingerprint density at radius 3 is 1.71 bits per heavy atom. The number of fused-ring (bicyclic) bond motifs is 6. The van der Waals surface area contributed by atoms with E-state index in [9.17, 15) is 0 Å². The van der Waals surface area contributed by atoms with Crippen LogP contribution in [0.1, 0.15) is 29.2 Å². The van der Waals surface area contributed by atoms with Gasteiger partial charge in [0.1, 0.15) is 0 Å². The summed E-state index contributed by atoms with van der Waals surface area (Å²) in [6.45, 7) is 0. The molecule has 3 heterocycles. The average molecular weight is 795 g/mol. The van der Waals surface area contributed by atoms with Crippen molar-refractivity contribution in [1.82, 2.24) is 14.5 Å². The summed E-state index contributed by atoms with van der Waals surface area (Å²) in [6.07, 6.45) is 15.6. The van der Waals surface area contributed by atoms with Gasteiger partial charge in [0.25, 0.3) is 0 Å². The van der Waals surface area contributed by atoms with Crippen molar-refractivity contribution in [2.75, 3.05) is 4.90 Å². The molecule has 2 atom stereocenters. The van der Waals surface area contributed by atoms with Crippen LogP contribution < -0.4 is 4.90 Å². The smallest absolute Gasteiger partial charge is 0.235 e. The number of anilines is 2. The molecular weight excluding hydrogens is 753 g/mol. The number of allylic oxidation sites excluding steroid dienone is 3. The Balaban J connectivity index is 1.03. The van der Waals surface area contributed by atoms with E-state index in [0.29, 0.717) is 5.95 Å². The first kappa shape index (κ1) is 36.1. The summed E-state index contributed by atoms with van der Waals surface area (Å²) in [5.74, 6) is 0.940. The molecule has 62 heavy (non-hydrogen) atoms. The van der Waals surface area contributed by atoms with Crippen molar-refractivity contribution in [3.8, 4) is 61.8 Å². The molecule has 3 aliphatic rings. The van der Waals surface area contributed by atoms with Crippen molar-refractivity contribution in [3.05, 3.63) is 229 Å².